The van der Waals surface area contributed by atoms with E-state index in [0.717, 1.165) is 63.3 Å². The van der Waals surface area contributed by atoms with Crippen LogP contribution < -0.4 is 5.32 Å². The van der Waals surface area contributed by atoms with E-state index in [1.54, 1.807) is 0 Å². The van der Waals surface area contributed by atoms with Crippen LogP contribution in [0.4, 0.5) is 0 Å². The number of likely N-dealkylation sites (tertiary alicyclic amines) is 1. The monoisotopic (exact) mass is 390 g/mol. The third kappa shape index (κ3) is 4.06. The molecule has 3 heterocycles. The van der Waals surface area contributed by atoms with Crippen LogP contribution in [-0.4, -0.2) is 40.4 Å². The number of carbonyl (C=O) groups is 1. The van der Waals surface area contributed by atoms with Gasteiger partial charge in [-0.05, 0) is 55.2 Å². The molecule has 5 heteroatoms. The number of piperidine rings is 1. The Morgan fingerprint density at radius 1 is 1.10 bits per heavy atom. The number of hydrogen-bond donors (Lipinski definition) is 1. The van der Waals surface area contributed by atoms with Crippen LogP contribution in [0.15, 0.2) is 24.4 Å². The fourth-order valence-electron chi connectivity index (χ4n) is 5.05. The van der Waals surface area contributed by atoms with Gasteiger partial charge in [-0.15, -0.1) is 0 Å². The Hall–Kier alpha value is -2.27. The molecule has 1 aliphatic carbocycles. The lowest BCUT2D eigenvalue weighted by Crippen LogP contribution is -2.40. The zero-order chi connectivity index (χ0) is 19.6. The topological polar surface area (TPSA) is 58.1 Å². The number of nitrogens with one attached hydrogen (secondary N) is 1. The maximum atomic E-state index is 13.0. The predicted octanol–water partition coefficient (Wildman–Crippen LogP) is 2.95. The molecule has 2 aromatic rings. The summed E-state index contributed by atoms with van der Waals surface area (Å²) in [4.78, 5) is 24.6. The van der Waals surface area contributed by atoms with E-state index in [-0.39, 0.29) is 11.8 Å². The van der Waals surface area contributed by atoms with Gasteiger partial charge in [0.1, 0.15) is 5.82 Å². The third-order valence-electron chi connectivity index (χ3n) is 6.73. The molecule has 3 aliphatic rings. The lowest BCUT2D eigenvalue weighted by Gasteiger charge is -2.32. The lowest BCUT2D eigenvalue weighted by atomic mass is 9.89. The molecule has 0 unspecified atom stereocenters. The van der Waals surface area contributed by atoms with Gasteiger partial charge in [-0.25, -0.2) is 9.97 Å². The molecule has 1 fully saturated rings. The number of fused-ring (bicyclic) bond motifs is 2. The maximum Gasteiger partial charge on any atom is 0.227 e. The van der Waals surface area contributed by atoms with Crippen LogP contribution in [0.1, 0.15) is 65.4 Å². The Balaban J connectivity index is 1.26. The van der Waals surface area contributed by atoms with E-state index in [9.17, 15) is 4.79 Å². The van der Waals surface area contributed by atoms with E-state index >= 15 is 0 Å². The van der Waals surface area contributed by atoms with E-state index in [1.807, 2.05) is 11.1 Å². The van der Waals surface area contributed by atoms with Crippen molar-refractivity contribution >= 4 is 5.91 Å². The molecule has 1 amide bonds. The van der Waals surface area contributed by atoms with E-state index in [0.29, 0.717) is 6.42 Å². The van der Waals surface area contributed by atoms with Crippen molar-refractivity contribution in [3.63, 3.8) is 0 Å². The first-order valence-corrected chi connectivity index (χ1v) is 11.2. The summed E-state index contributed by atoms with van der Waals surface area (Å²) < 4.78 is 0. The first-order chi connectivity index (χ1) is 14.3. The molecule has 0 saturated carbocycles. The molecule has 1 aromatic heterocycles. The molecule has 1 N–H and O–H groups in total. The summed E-state index contributed by atoms with van der Waals surface area (Å²) in [6, 6.07) is 6.67. The van der Waals surface area contributed by atoms with Crippen LogP contribution in [0.2, 0.25) is 0 Å². The van der Waals surface area contributed by atoms with Gasteiger partial charge >= 0.3 is 0 Å². The molecule has 152 valence electrons. The highest BCUT2D eigenvalue weighted by molar-refractivity contribution is 5.79. The molecule has 5 rings (SSSR count). The van der Waals surface area contributed by atoms with Gasteiger partial charge in [0.25, 0.3) is 0 Å². The molecule has 0 radical (unpaired) electrons. The standard InChI is InChI=1S/C24H30N4O/c29-23(13-17-7-8-18-4-1-2-5-19(18)12-17)28-11-3-6-20(16-28)24-26-15-21-14-25-10-9-22(21)27-24/h7-8,12,15,20,25H,1-6,9-11,13-14,16H2/t20-/m1/s1. The molecule has 0 spiro atoms. The number of aryl methyl sites for hydroxylation is 2. The van der Waals surface area contributed by atoms with Crippen LogP contribution in [-0.2, 0) is 37.0 Å². The molecular formula is C24H30N4O. The number of rotatable bonds is 3. The molecule has 2 aliphatic heterocycles. The van der Waals surface area contributed by atoms with Crippen molar-refractivity contribution in [2.24, 2.45) is 0 Å². The average Bonchev–Trinajstić information content (AvgIpc) is 2.79. The Bertz CT molecular complexity index is 910. The number of hydrogen-bond acceptors (Lipinski definition) is 4. The SMILES string of the molecule is O=C(Cc1ccc2c(c1)CCCC2)N1CCC[C@@H](c2ncc3c(n2)CCNC3)C1. The summed E-state index contributed by atoms with van der Waals surface area (Å²) in [5.41, 5.74) is 6.50. The first kappa shape index (κ1) is 18.7. The highest BCUT2D eigenvalue weighted by Crippen LogP contribution is 2.27. The first-order valence-electron chi connectivity index (χ1n) is 11.2. The van der Waals surface area contributed by atoms with Gasteiger partial charge in [-0.2, -0.15) is 0 Å². The zero-order valence-corrected chi connectivity index (χ0v) is 17.1. The van der Waals surface area contributed by atoms with Crippen molar-refractivity contribution in [2.45, 2.75) is 63.8 Å². The Morgan fingerprint density at radius 3 is 2.93 bits per heavy atom. The van der Waals surface area contributed by atoms with Crippen molar-refractivity contribution < 1.29 is 4.79 Å². The predicted molar refractivity (Wildman–Crippen MR) is 113 cm³/mol. The fraction of sp³-hybridized carbons (Fsp3) is 0.542. The quantitative estimate of drug-likeness (QED) is 0.875. The summed E-state index contributed by atoms with van der Waals surface area (Å²) in [5, 5.41) is 3.37. The Kier molecular flexibility index (Phi) is 5.32. The average molecular weight is 391 g/mol. The zero-order valence-electron chi connectivity index (χ0n) is 17.1. The van der Waals surface area contributed by atoms with Crippen LogP contribution in [0.3, 0.4) is 0 Å². The Labute approximate surface area is 172 Å². The number of benzene rings is 1. The Morgan fingerprint density at radius 2 is 2.00 bits per heavy atom. The number of amides is 1. The second kappa shape index (κ2) is 8.23. The lowest BCUT2D eigenvalue weighted by molar-refractivity contribution is -0.131. The van der Waals surface area contributed by atoms with Crippen molar-refractivity contribution in [3.8, 4) is 0 Å². The van der Waals surface area contributed by atoms with Gasteiger partial charge in [0, 0.05) is 56.0 Å². The van der Waals surface area contributed by atoms with Crippen LogP contribution >= 0.6 is 0 Å². The van der Waals surface area contributed by atoms with E-state index in [2.05, 4.69) is 28.5 Å². The molecular weight excluding hydrogens is 360 g/mol. The van der Waals surface area contributed by atoms with Crippen molar-refractivity contribution in [1.82, 2.24) is 20.2 Å². The summed E-state index contributed by atoms with van der Waals surface area (Å²) in [6.07, 6.45) is 10.5. The highest BCUT2D eigenvalue weighted by atomic mass is 16.2. The van der Waals surface area contributed by atoms with Crippen LogP contribution in [0.5, 0.6) is 0 Å². The van der Waals surface area contributed by atoms with Crippen LogP contribution in [0, 0.1) is 0 Å². The normalized spacial score (nSPS) is 21.4. The van der Waals surface area contributed by atoms with Crippen molar-refractivity contribution in [3.05, 3.63) is 58.2 Å². The van der Waals surface area contributed by atoms with Gasteiger partial charge in [-0.1, -0.05) is 18.2 Å². The fourth-order valence-corrected chi connectivity index (χ4v) is 5.05. The number of nitrogens with zero attached hydrogens (tertiary/aromatic N) is 3. The van der Waals surface area contributed by atoms with Gasteiger partial charge < -0.3 is 10.2 Å². The smallest absolute Gasteiger partial charge is 0.227 e. The van der Waals surface area contributed by atoms with Gasteiger partial charge in [0.15, 0.2) is 0 Å². The molecule has 5 nitrogen and oxygen atoms in total. The second-order valence-corrected chi connectivity index (χ2v) is 8.79. The van der Waals surface area contributed by atoms with Crippen molar-refractivity contribution in [1.29, 1.82) is 0 Å². The molecule has 1 atom stereocenters. The van der Waals surface area contributed by atoms with Crippen molar-refractivity contribution in [2.75, 3.05) is 19.6 Å². The maximum absolute atomic E-state index is 13.0. The largest absolute Gasteiger partial charge is 0.342 e. The molecule has 29 heavy (non-hydrogen) atoms. The molecule has 1 aromatic carbocycles. The third-order valence-corrected chi connectivity index (χ3v) is 6.73. The minimum Gasteiger partial charge on any atom is -0.342 e. The minimum absolute atomic E-state index is 0.243. The van der Waals surface area contributed by atoms with E-state index in [4.69, 9.17) is 4.98 Å². The van der Waals surface area contributed by atoms with Gasteiger partial charge in [-0.3, -0.25) is 4.79 Å². The van der Waals surface area contributed by atoms with Gasteiger partial charge in [0.2, 0.25) is 5.91 Å². The van der Waals surface area contributed by atoms with Gasteiger partial charge in [0.05, 0.1) is 6.42 Å². The highest BCUT2D eigenvalue weighted by Gasteiger charge is 2.27. The van der Waals surface area contributed by atoms with Crippen LogP contribution in [0.25, 0.3) is 0 Å². The summed E-state index contributed by atoms with van der Waals surface area (Å²) in [6.45, 7) is 3.46. The summed E-state index contributed by atoms with van der Waals surface area (Å²) in [5.74, 6) is 1.43. The second-order valence-electron chi connectivity index (χ2n) is 8.79. The molecule has 1 saturated heterocycles. The molecule has 0 bridgehead atoms. The number of carbonyl (C=O) groups excluding carboxylic acids is 1. The van der Waals surface area contributed by atoms with E-state index in [1.165, 1.54) is 41.6 Å². The minimum atomic E-state index is 0.243. The number of aromatic nitrogens is 2. The van der Waals surface area contributed by atoms with E-state index < -0.39 is 0 Å². The summed E-state index contributed by atoms with van der Waals surface area (Å²) >= 11 is 0. The summed E-state index contributed by atoms with van der Waals surface area (Å²) in [7, 11) is 0.